The molecule has 0 spiro atoms. The number of carbonyl (C=O) groups excluding carboxylic acids is 1. The Kier molecular flexibility index (Phi) is 3.36. The van der Waals surface area contributed by atoms with Gasteiger partial charge in [0.25, 0.3) is 0 Å². The van der Waals surface area contributed by atoms with E-state index in [-0.39, 0.29) is 18.4 Å². The van der Waals surface area contributed by atoms with Crippen molar-refractivity contribution in [3.8, 4) is 0 Å². The maximum absolute atomic E-state index is 12.4. The van der Waals surface area contributed by atoms with Gasteiger partial charge in [0, 0.05) is 11.4 Å². The summed E-state index contributed by atoms with van der Waals surface area (Å²) in [4.78, 5) is 14.4. The molecule has 1 unspecified atom stereocenters. The first-order valence-electron chi connectivity index (χ1n) is 6.64. The Morgan fingerprint density at radius 3 is 3.11 bits per heavy atom. The zero-order valence-electron chi connectivity index (χ0n) is 10.7. The molecule has 0 radical (unpaired) electrons. The minimum absolute atomic E-state index is 0.0605. The number of ketones is 1. The number of rotatable bonds is 4. The van der Waals surface area contributed by atoms with Gasteiger partial charge in [0.05, 0.1) is 18.7 Å². The Bertz CT molecular complexity index is 590. The zero-order chi connectivity index (χ0) is 13.2. The number of hydrogen-bond donors (Lipinski definition) is 1. The fraction of sp³-hybridized carbons (Fsp3) is 0.400. The molecule has 3 rings (SSSR count). The first-order chi connectivity index (χ1) is 9.29. The maximum Gasteiger partial charge on any atom is 0.180 e. The van der Waals surface area contributed by atoms with Crippen molar-refractivity contribution >= 4 is 16.8 Å². The smallest absolute Gasteiger partial charge is 0.180 e. The van der Waals surface area contributed by atoms with Gasteiger partial charge in [-0.15, -0.1) is 0 Å². The van der Waals surface area contributed by atoms with Gasteiger partial charge in [-0.2, -0.15) is 0 Å². The van der Waals surface area contributed by atoms with Crippen LogP contribution in [0.25, 0.3) is 11.0 Å². The van der Waals surface area contributed by atoms with Crippen molar-refractivity contribution in [3.05, 3.63) is 36.1 Å². The Hall–Kier alpha value is -1.65. The first-order valence-corrected chi connectivity index (χ1v) is 6.64. The number of carbonyl (C=O) groups is 1. The van der Waals surface area contributed by atoms with Crippen LogP contribution in [0.15, 0.2) is 34.9 Å². The highest BCUT2D eigenvalue weighted by Crippen LogP contribution is 2.23. The molecule has 1 aliphatic rings. The van der Waals surface area contributed by atoms with Gasteiger partial charge in [0.1, 0.15) is 11.8 Å². The number of hydrogen-bond acceptors (Lipinski definition) is 4. The molecule has 1 aliphatic heterocycles. The Morgan fingerprint density at radius 1 is 1.42 bits per heavy atom. The van der Waals surface area contributed by atoms with Gasteiger partial charge in [0.2, 0.25) is 0 Å². The van der Waals surface area contributed by atoms with E-state index in [0.717, 1.165) is 30.4 Å². The summed E-state index contributed by atoms with van der Waals surface area (Å²) in [6.07, 6.45) is 3.55. The normalized spacial score (nSPS) is 20.2. The highest BCUT2D eigenvalue weighted by Gasteiger charge is 2.26. The molecule has 19 heavy (non-hydrogen) atoms. The molecule has 4 heteroatoms. The summed E-state index contributed by atoms with van der Waals surface area (Å²) in [6.45, 7) is 1.36. The summed E-state index contributed by atoms with van der Waals surface area (Å²) >= 11 is 0. The third kappa shape index (κ3) is 2.29. The molecular formula is C15H17NO3. The highest BCUT2D eigenvalue weighted by atomic mass is 16.3. The summed E-state index contributed by atoms with van der Waals surface area (Å²) in [5, 5.41) is 10.1. The lowest BCUT2D eigenvalue weighted by Crippen LogP contribution is -2.36. The number of para-hydroxylation sites is 1. The van der Waals surface area contributed by atoms with E-state index in [0.29, 0.717) is 12.1 Å². The quantitative estimate of drug-likeness (QED) is 0.854. The molecular weight excluding hydrogens is 242 g/mol. The summed E-state index contributed by atoms with van der Waals surface area (Å²) in [7, 11) is 0. The molecule has 1 aromatic carbocycles. The molecule has 2 aromatic rings. The van der Waals surface area contributed by atoms with E-state index in [2.05, 4.69) is 4.90 Å². The van der Waals surface area contributed by atoms with Crippen molar-refractivity contribution in [2.24, 2.45) is 0 Å². The van der Waals surface area contributed by atoms with Gasteiger partial charge < -0.3 is 9.52 Å². The molecule has 1 aromatic heterocycles. The van der Waals surface area contributed by atoms with Crippen molar-refractivity contribution in [1.82, 2.24) is 4.90 Å². The van der Waals surface area contributed by atoms with Gasteiger partial charge in [-0.05, 0) is 25.5 Å². The van der Waals surface area contributed by atoms with Crippen LogP contribution >= 0.6 is 0 Å². The third-order valence-electron chi connectivity index (χ3n) is 3.84. The van der Waals surface area contributed by atoms with Crippen molar-refractivity contribution in [2.75, 3.05) is 19.7 Å². The fourth-order valence-electron chi connectivity index (χ4n) is 2.77. The average molecular weight is 259 g/mol. The molecule has 0 saturated carbocycles. The van der Waals surface area contributed by atoms with E-state index in [9.17, 15) is 9.90 Å². The highest BCUT2D eigenvalue weighted by molar-refractivity contribution is 6.08. The number of furan rings is 1. The van der Waals surface area contributed by atoms with Gasteiger partial charge in [-0.1, -0.05) is 18.2 Å². The van der Waals surface area contributed by atoms with Crippen LogP contribution in [0, 0.1) is 0 Å². The van der Waals surface area contributed by atoms with E-state index in [4.69, 9.17) is 4.42 Å². The van der Waals surface area contributed by atoms with Crippen molar-refractivity contribution < 1.29 is 14.3 Å². The Balaban J connectivity index is 1.80. The lowest BCUT2D eigenvalue weighted by Gasteiger charge is -2.21. The largest absolute Gasteiger partial charge is 0.464 e. The van der Waals surface area contributed by atoms with Crippen LogP contribution in [-0.4, -0.2) is 41.5 Å². The number of benzene rings is 1. The number of fused-ring (bicyclic) bond motifs is 1. The van der Waals surface area contributed by atoms with Gasteiger partial charge >= 0.3 is 0 Å². The lowest BCUT2D eigenvalue weighted by atomic mass is 10.1. The van der Waals surface area contributed by atoms with Crippen LogP contribution in [0.1, 0.15) is 23.2 Å². The summed E-state index contributed by atoms with van der Waals surface area (Å²) in [6, 6.07) is 7.68. The monoisotopic (exact) mass is 259 g/mol. The second-order valence-electron chi connectivity index (χ2n) is 5.02. The molecule has 1 atom stereocenters. The predicted molar refractivity (Wildman–Crippen MR) is 72.2 cm³/mol. The number of likely N-dealkylation sites (tertiary alicyclic amines) is 1. The van der Waals surface area contributed by atoms with E-state index >= 15 is 0 Å². The van der Waals surface area contributed by atoms with Crippen LogP contribution in [0.2, 0.25) is 0 Å². The molecule has 1 saturated heterocycles. The number of aliphatic hydroxyl groups excluding tert-OH is 1. The van der Waals surface area contributed by atoms with E-state index < -0.39 is 0 Å². The summed E-state index contributed by atoms with van der Waals surface area (Å²) in [5.41, 5.74) is 1.38. The topological polar surface area (TPSA) is 53.7 Å². The number of Topliss-reactive ketones (excluding diaryl/α,β-unsaturated/α-hetero) is 1. The van der Waals surface area contributed by atoms with Crippen molar-refractivity contribution in [2.45, 2.75) is 18.9 Å². The molecule has 0 aliphatic carbocycles. The SMILES string of the molecule is O=C(CN1CCCC1CO)c1coc2ccccc12. The zero-order valence-corrected chi connectivity index (χ0v) is 10.7. The Morgan fingerprint density at radius 2 is 2.26 bits per heavy atom. The minimum Gasteiger partial charge on any atom is -0.464 e. The van der Waals surface area contributed by atoms with E-state index in [1.54, 1.807) is 0 Å². The Labute approximate surface area is 111 Å². The van der Waals surface area contributed by atoms with Crippen molar-refractivity contribution in [1.29, 1.82) is 0 Å². The van der Waals surface area contributed by atoms with Crippen LogP contribution in [0.5, 0.6) is 0 Å². The predicted octanol–water partition coefficient (Wildman–Crippen LogP) is 2.07. The second-order valence-corrected chi connectivity index (χ2v) is 5.02. The van der Waals surface area contributed by atoms with Gasteiger partial charge in [-0.25, -0.2) is 0 Å². The second kappa shape index (κ2) is 5.15. The molecule has 1 fully saturated rings. The first kappa shape index (κ1) is 12.4. The number of nitrogens with zero attached hydrogens (tertiary/aromatic N) is 1. The third-order valence-corrected chi connectivity index (χ3v) is 3.84. The van der Waals surface area contributed by atoms with Crippen molar-refractivity contribution in [3.63, 3.8) is 0 Å². The van der Waals surface area contributed by atoms with Gasteiger partial charge in [-0.3, -0.25) is 9.69 Å². The lowest BCUT2D eigenvalue weighted by molar-refractivity contribution is 0.0888. The standard InChI is InChI=1S/C15H17NO3/c17-9-11-4-3-7-16(11)8-14(18)13-10-19-15-6-2-1-5-12(13)15/h1-2,5-6,10-11,17H,3-4,7-9H2. The maximum atomic E-state index is 12.4. The number of aliphatic hydroxyl groups is 1. The molecule has 0 bridgehead atoms. The molecule has 2 heterocycles. The molecule has 1 N–H and O–H groups in total. The van der Waals surface area contributed by atoms with Crippen LogP contribution in [-0.2, 0) is 0 Å². The fourth-order valence-corrected chi connectivity index (χ4v) is 2.77. The van der Waals surface area contributed by atoms with Gasteiger partial charge in [0.15, 0.2) is 5.78 Å². The minimum atomic E-state index is 0.0605. The average Bonchev–Trinajstić information content (AvgIpc) is 3.04. The van der Waals surface area contributed by atoms with Crippen LogP contribution < -0.4 is 0 Å². The summed E-state index contributed by atoms with van der Waals surface area (Å²) < 4.78 is 5.40. The summed E-state index contributed by atoms with van der Waals surface area (Å²) in [5.74, 6) is 0.0605. The van der Waals surface area contributed by atoms with E-state index in [1.165, 1.54) is 6.26 Å². The van der Waals surface area contributed by atoms with Crippen LogP contribution in [0.4, 0.5) is 0 Å². The molecule has 0 amide bonds. The molecule has 100 valence electrons. The molecule has 4 nitrogen and oxygen atoms in total. The van der Waals surface area contributed by atoms with Crippen LogP contribution in [0.3, 0.4) is 0 Å². The van der Waals surface area contributed by atoms with E-state index in [1.807, 2.05) is 24.3 Å².